The third-order valence-electron chi connectivity index (χ3n) is 2.72. The number of halogens is 1. The molecule has 0 saturated carbocycles. The standard InChI is InChI=1S/C11H13NO2.ClH/c1-2-12-9-6-4-3-5-8(9)7-10(12)11(13)14;/h3-6,10H,2,7H2,1H3,(H,13,14);1H/t10-;/m0./s1. The van der Waals surface area contributed by atoms with E-state index < -0.39 is 5.97 Å². The molecular formula is C11H14ClNO2. The van der Waals surface area contributed by atoms with Crippen LogP contribution in [0.4, 0.5) is 5.69 Å². The predicted octanol–water partition coefficient (Wildman–Crippen LogP) is 1.94. The number of nitrogens with zero attached hydrogens (tertiary/aromatic N) is 1. The van der Waals surface area contributed by atoms with Crippen LogP contribution < -0.4 is 4.90 Å². The third-order valence-corrected chi connectivity index (χ3v) is 2.72. The highest BCUT2D eigenvalue weighted by Gasteiger charge is 2.32. The summed E-state index contributed by atoms with van der Waals surface area (Å²) in [6.45, 7) is 2.73. The zero-order valence-corrected chi connectivity index (χ0v) is 9.33. The van der Waals surface area contributed by atoms with E-state index in [4.69, 9.17) is 5.11 Å². The minimum atomic E-state index is -0.733. The Bertz CT molecular complexity index is 367. The molecule has 1 N–H and O–H groups in total. The minimum Gasteiger partial charge on any atom is -0.480 e. The Morgan fingerprint density at radius 1 is 1.53 bits per heavy atom. The van der Waals surface area contributed by atoms with Crippen LogP contribution in [0.2, 0.25) is 0 Å². The second-order valence-corrected chi connectivity index (χ2v) is 3.47. The van der Waals surface area contributed by atoms with Crippen molar-refractivity contribution in [3.8, 4) is 0 Å². The van der Waals surface area contributed by atoms with Gasteiger partial charge in [-0.2, -0.15) is 0 Å². The number of benzene rings is 1. The maximum atomic E-state index is 11.0. The second kappa shape index (κ2) is 4.53. The van der Waals surface area contributed by atoms with Crippen LogP contribution >= 0.6 is 12.4 Å². The maximum Gasteiger partial charge on any atom is 0.326 e. The molecular weight excluding hydrogens is 214 g/mol. The van der Waals surface area contributed by atoms with Crippen LogP contribution in [0.5, 0.6) is 0 Å². The smallest absolute Gasteiger partial charge is 0.326 e. The molecule has 3 nitrogen and oxygen atoms in total. The molecule has 2 rings (SSSR count). The molecule has 0 amide bonds. The average Bonchev–Trinajstić information content (AvgIpc) is 2.56. The fraction of sp³-hybridized carbons (Fsp3) is 0.364. The Morgan fingerprint density at radius 3 is 2.80 bits per heavy atom. The summed E-state index contributed by atoms with van der Waals surface area (Å²) in [7, 11) is 0. The van der Waals surface area contributed by atoms with E-state index in [1.807, 2.05) is 36.1 Å². The predicted molar refractivity (Wildman–Crippen MR) is 61.8 cm³/mol. The van der Waals surface area contributed by atoms with Crippen molar-refractivity contribution in [1.29, 1.82) is 0 Å². The normalized spacial score (nSPS) is 18.2. The van der Waals surface area contributed by atoms with Gasteiger partial charge >= 0.3 is 5.97 Å². The van der Waals surface area contributed by atoms with Crippen molar-refractivity contribution in [3.05, 3.63) is 29.8 Å². The van der Waals surface area contributed by atoms with Gasteiger partial charge in [-0.15, -0.1) is 12.4 Å². The van der Waals surface area contributed by atoms with E-state index in [1.165, 1.54) is 0 Å². The highest BCUT2D eigenvalue weighted by atomic mass is 35.5. The van der Waals surface area contributed by atoms with Gasteiger partial charge in [0.05, 0.1) is 0 Å². The Labute approximate surface area is 95.1 Å². The van der Waals surface area contributed by atoms with Crippen LogP contribution in [0.25, 0.3) is 0 Å². The van der Waals surface area contributed by atoms with E-state index in [1.54, 1.807) is 0 Å². The number of para-hydroxylation sites is 1. The first-order valence-corrected chi connectivity index (χ1v) is 4.81. The molecule has 1 aromatic carbocycles. The zero-order valence-electron chi connectivity index (χ0n) is 8.51. The Morgan fingerprint density at radius 2 is 2.20 bits per heavy atom. The molecule has 0 fully saturated rings. The van der Waals surface area contributed by atoms with Gasteiger partial charge < -0.3 is 10.0 Å². The molecule has 0 aromatic heterocycles. The summed E-state index contributed by atoms with van der Waals surface area (Å²) in [5.41, 5.74) is 2.21. The first kappa shape index (κ1) is 11.9. The topological polar surface area (TPSA) is 40.5 Å². The Kier molecular flexibility index (Phi) is 3.58. The van der Waals surface area contributed by atoms with Crippen molar-refractivity contribution < 1.29 is 9.90 Å². The lowest BCUT2D eigenvalue weighted by atomic mass is 10.1. The number of likely N-dealkylation sites (N-methyl/N-ethyl adjacent to an activating group) is 1. The number of fused-ring (bicyclic) bond motifs is 1. The quantitative estimate of drug-likeness (QED) is 0.840. The fourth-order valence-electron chi connectivity index (χ4n) is 2.06. The molecule has 0 unspecified atom stereocenters. The number of anilines is 1. The summed E-state index contributed by atoms with van der Waals surface area (Å²) in [6.07, 6.45) is 0.624. The van der Waals surface area contributed by atoms with Gasteiger partial charge in [0.2, 0.25) is 0 Å². The summed E-state index contributed by atoms with van der Waals surface area (Å²) in [6, 6.07) is 7.52. The minimum absolute atomic E-state index is 0. The zero-order chi connectivity index (χ0) is 10.1. The van der Waals surface area contributed by atoms with Gasteiger partial charge in [0.15, 0.2) is 0 Å². The summed E-state index contributed by atoms with van der Waals surface area (Å²) >= 11 is 0. The van der Waals surface area contributed by atoms with Crippen LogP contribution in [0.1, 0.15) is 12.5 Å². The van der Waals surface area contributed by atoms with Gasteiger partial charge in [-0.25, -0.2) is 4.79 Å². The lowest BCUT2D eigenvalue weighted by molar-refractivity contribution is -0.138. The molecule has 82 valence electrons. The van der Waals surface area contributed by atoms with Gasteiger partial charge in [-0.1, -0.05) is 18.2 Å². The van der Waals surface area contributed by atoms with E-state index in [0.717, 1.165) is 17.8 Å². The number of carboxylic acid groups (broad SMARTS) is 1. The monoisotopic (exact) mass is 227 g/mol. The second-order valence-electron chi connectivity index (χ2n) is 3.47. The third kappa shape index (κ3) is 1.92. The van der Waals surface area contributed by atoms with Crippen molar-refractivity contribution in [2.75, 3.05) is 11.4 Å². The molecule has 1 heterocycles. The van der Waals surface area contributed by atoms with Gasteiger partial charge in [0, 0.05) is 18.7 Å². The van der Waals surface area contributed by atoms with Gasteiger partial charge in [0.25, 0.3) is 0 Å². The molecule has 0 spiro atoms. The van der Waals surface area contributed by atoms with Crippen LogP contribution in [0, 0.1) is 0 Å². The van der Waals surface area contributed by atoms with Crippen LogP contribution in [-0.4, -0.2) is 23.7 Å². The van der Waals surface area contributed by atoms with Crippen molar-refractivity contribution in [1.82, 2.24) is 0 Å². The summed E-state index contributed by atoms with van der Waals surface area (Å²) in [5.74, 6) is -0.733. The number of hydrogen-bond acceptors (Lipinski definition) is 2. The molecule has 15 heavy (non-hydrogen) atoms. The van der Waals surface area contributed by atoms with E-state index in [9.17, 15) is 4.79 Å². The summed E-state index contributed by atoms with van der Waals surface area (Å²) in [4.78, 5) is 12.9. The van der Waals surface area contributed by atoms with Crippen LogP contribution in [0.3, 0.4) is 0 Å². The first-order valence-electron chi connectivity index (χ1n) is 4.81. The number of carboxylic acids is 1. The van der Waals surface area contributed by atoms with Crippen LogP contribution in [-0.2, 0) is 11.2 Å². The summed E-state index contributed by atoms with van der Waals surface area (Å²) < 4.78 is 0. The van der Waals surface area contributed by atoms with Crippen molar-refractivity contribution in [3.63, 3.8) is 0 Å². The van der Waals surface area contributed by atoms with Crippen molar-refractivity contribution in [2.45, 2.75) is 19.4 Å². The molecule has 0 bridgehead atoms. The maximum absolute atomic E-state index is 11.0. The van der Waals surface area contributed by atoms with Gasteiger partial charge in [0.1, 0.15) is 6.04 Å². The highest BCUT2D eigenvalue weighted by Crippen LogP contribution is 2.31. The number of aliphatic carboxylic acids is 1. The number of carbonyl (C=O) groups is 1. The molecule has 0 saturated heterocycles. The molecule has 1 aliphatic heterocycles. The fourth-order valence-corrected chi connectivity index (χ4v) is 2.06. The van der Waals surface area contributed by atoms with Crippen LogP contribution in [0.15, 0.2) is 24.3 Å². The largest absolute Gasteiger partial charge is 0.480 e. The van der Waals surface area contributed by atoms with Gasteiger partial charge in [-0.05, 0) is 18.6 Å². The Balaban J connectivity index is 0.00000112. The first-order chi connectivity index (χ1) is 6.74. The molecule has 4 heteroatoms. The summed E-state index contributed by atoms with van der Waals surface area (Å²) in [5, 5.41) is 9.05. The van der Waals surface area contributed by atoms with Crippen molar-refractivity contribution >= 4 is 24.1 Å². The molecule has 0 radical (unpaired) electrons. The van der Waals surface area contributed by atoms with E-state index in [-0.39, 0.29) is 18.4 Å². The SMILES string of the molecule is CCN1c2ccccc2C[C@H]1C(=O)O.Cl. The number of hydrogen-bond donors (Lipinski definition) is 1. The highest BCUT2D eigenvalue weighted by molar-refractivity contribution is 5.85. The average molecular weight is 228 g/mol. The lowest BCUT2D eigenvalue weighted by Crippen LogP contribution is -2.38. The molecule has 1 aliphatic rings. The van der Waals surface area contributed by atoms with E-state index in [0.29, 0.717) is 6.42 Å². The van der Waals surface area contributed by atoms with Gasteiger partial charge in [-0.3, -0.25) is 0 Å². The van der Waals surface area contributed by atoms with E-state index >= 15 is 0 Å². The molecule has 1 aromatic rings. The van der Waals surface area contributed by atoms with E-state index in [2.05, 4.69) is 0 Å². The lowest BCUT2D eigenvalue weighted by Gasteiger charge is -2.22. The number of rotatable bonds is 2. The van der Waals surface area contributed by atoms with Crippen molar-refractivity contribution in [2.24, 2.45) is 0 Å². The molecule has 0 aliphatic carbocycles. The Hall–Kier alpha value is -1.22. The molecule has 1 atom stereocenters.